The second-order valence-corrected chi connectivity index (χ2v) is 4.90. The number of rotatable bonds is 8. The van der Waals surface area contributed by atoms with Crippen LogP contribution in [0.2, 0.25) is 0 Å². The van der Waals surface area contributed by atoms with Crippen LogP contribution in [0.4, 0.5) is 4.39 Å². The minimum absolute atomic E-state index is 0.0803. The standard InChI is InChI=1S/C16H22FNO/c1-3-4-5-6-7-13(2)19-12-14-8-9-16(17)15(10-14)11-18/h8-10,13H,3-7,12H2,1-2H3. The lowest BCUT2D eigenvalue weighted by Gasteiger charge is -2.13. The predicted octanol–water partition coefficient (Wildman–Crippen LogP) is 4.57. The fourth-order valence-electron chi connectivity index (χ4n) is 1.93. The van der Waals surface area contributed by atoms with Gasteiger partial charge in [0.25, 0.3) is 0 Å². The quantitative estimate of drug-likeness (QED) is 0.643. The SMILES string of the molecule is CCCCCCC(C)OCc1ccc(F)c(C#N)c1. The molecule has 0 N–H and O–H groups in total. The summed E-state index contributed by atoms with van der Waals surface area (Å²) in [5, 5.41) is 8.76. The molecule has 3 heteroatoms. The topological polar surface area (TPSA) is 33.0 Å². The van der Waals surface area contributed by atoms with Gasteiger partial charge in [-0.05, 0) is 31.0 Å². The van der Waals surface area contributed by atoms with E-state index in [9.17, 15) is 4.39 Å². The number of nitriles is 1. The Morgan fingerprint density at radius 1 is 1.32 bits per heavy atom. The molecular formula is C16H22FNO. The van der Waals surface area contributed by atoms with Crippen LogP contribution in [-0.2, 0) is 11.3 Å². The zero-order chi connectivity index (χ0) is 14.1. The van der Waals surface area contributed by atoms with Crippen molar-refractivity contribution in [2.45, 2.75) is 58.7 Å². The Hall–Kier alpha value is -1.40. The summed E-state index contributed by atoms with van der Waals surface area (Å²) in [5.74, 6) is -0.473. The third kappa shape index (κ3) is 5.85. The van der Waals surface area contributed by atoms with Crippen LogP contribution in [0.1, 0.15) is 57.1 Å². The van der Waals surface area contributed by atoms with Gasteiger partial charge in [0.1, 0.15) is 11.9 Å². The first-order valence-electron chi connectivity index (χ1n) is 6.97. The Kier molecular flexibility index (Phi) is 7.14. The smallest absolute Gasteiger partial charge is 0.140 e. The molecule has 0 aromatic heterocycles. The molecule has 104 valence electrons. The molecule has 0 amide bonds. The van der Waals surface area contributed by atoms with Crippen molar-refractivity contribution in [3.8, 4) is 6.07 Å². The highest BCUT2D eigenvalue weighted by atomic mass is 19.1. The Morgan fingerprint density at radius 2 is 2.11 bits per heavy atom. The molecule has 0 spiro atoms. The van der Waals surface area contributed by atoms with Gasteiger partial charge < -0.3 is 4.74 Å². The molecule has 0 heterocycles. The number of halogens is 1. The molecule has 19 heavy (non-hydrogen) atoms. The Morgan fingerprint density at radius 3 is 2.79 bits per heavy atom. The maximum atomic E-state index is 13.1. The molecular weight excluding hydrogens is 241 g/mol. The summed E-state index contributed by atoms with van der Waals surface area (Å²) in [6.45, 7) is 4.69. The third-order valence-corrected chi connectivity index (χ3v) is 3.15. The normalized spacial score (nSPS) is 12.1. The van der Waals surface area contributed by atoms with Gasteiger partial charge in [-0.15, -0.1) is 0 Å². The van der Waals surface area contributed by atoms with Crippen molar-refractivity contribution in [1.29, 1.82) is 5.26 Å². The zero-order valence-electron chi connectivity index (χ0n) is 11.8. The van der Waals surface area contributed by atoms with Gasteiger partial charge in [0.05, 0.1) is 18.3 Å². The van der Waals surface area contributed by atoms with Crippen LogP contribution in [0.5, 0.6) is 0 Å². The minimum atomic E-state index is -0.473. The molecule has 0 saturated carbocycles. The molecule has 0 aliphatic carbocycles. The van der Waals surface area contributed by atoms with E-state index in [1.165, 1.54) is 31.7 Å². The van der Waals surface area contributed by atoms with E-state index in [1.54, 1.807) is 12.1 Å². The van der Waals surface area contributed by atoms with Crippen LogP contribution in [0, 0.1) is 17.1 Å². The zero-order valence-corrected chi connectivity index (χ0v) is 11.8. The van der Waals surface area contributed by atoms with Gasteiger partial charge in [-0.2, -0.15) is 5.26 Å². The molecule has 1 aromatic rings. The van der Waals surface area contributed by atoms with Gasteiger partial charge in [0.2, 0.25) is 0 Å². The number of ether oxygens (including phenoxy) is 1. The molecule has 0 fully saturated rings. The van der Waals surface area contributed by atoms with Crippen LogP contribution >= 0.6 is 0 Å². The van der Waals surface area contributed by atoms with Crippen LogP contribution in [0.15, 0.2) is 18.2 Å². The van der Waals surface area contributed by atoms with Gasteiger partial charge in [-0.1, -0.05) is 38.7 Å². The molecule has 0 saturated heterocycles. The van der Waals surface area contributed by atoms with Gasteiger partial charge >= 0.3 is 0 Å². The Balaban J connectivity index is 2.34. The number of hydrogen-bond acceptors (Lipinski definition) is 2. The fraction of sp³-hybridized carbons (Fsp3) is 0.562. The molecule has 0 radical (unpaired) electrons. The lowest BCUT2D eigenvalue weighted by molar-refractivity contribution is 0.0458. The summed E-state index contributed by atoms with van der Waals surface area (Å²) in [6, 6.07) is 6.38. The Labute approximate surface area is 115 Å². The van der Waals surface area contributed by atoms with Crippen molar-refractivity contribution < 1.29 is 9.13 Å². The minimum Gasteiger partial charge on any atom is -0.374 e. The van der Waals surface area contributed by atoms with Crippen molar-refractivity contribution in [2.75, 3.05) is 0 Å². The monoisotopic (exact) mass is 263 g/mol. The van der Waals surface area contributed by atoms with Gasteiger partial charge in [0, 0.05) is 0 Å². The first kappa shape index (κ1) is 15.7. The van der Waals surface area contributed by atoms with E-state index in [0.717, 1.165) is 12.0 Å². The fourth-order valence-corrected chi connectivity index (χ4v) is 1.93. The number of benzene rings is 1. The predicted molar refractivity (Wildman–Crippen MR) is 74.1 cm³/mol. The summed E-state index contributed by atoms with van der Waals surface area (Å²) in [4.78, 5) is 0. The summed E-state index contributed by atoms with van der Waals surface area (Å²) < 4.78 is 18.9. The average molecular weight is 263 g/mol. The van der Waals surface area contributed by atoms with E-state index in [-0.39, 0.29) is 11.7 Å². The average Bonchev–Trinajstić information content (AvgIpc) is 2.42. The van der Waals surface area contributed by atoms with E-state index in [1.807, 2.05) is 6.07 Å². The molecule has 0 bridgehead atoms. The summed E-state index contributed by atoms with van der Waals surface area (Å²) in [7, 11) is 0. The van der Waals surface area contributed by atoms with Crippen molar-refractivity contribution in [1.82, 2.24) is 0 Å². The lowest BCUT2D eigenvalue weighted by atomic mass is 10.1. The molecule has 1 unspecified atom stereocenters. The molecule has 2 nitrogen and oxygen atoms in total. The van der Waals surface area contributed by atoms with Crippen LogP contribution < -0.4 is 0 Å². The summed E-state index contributed by atoms with van der Waals surface area (Å²) in [6.07, 6.45) is 6.19. The van der Waals surface area contributed by atoms with Crippen molar-refractivity contribution in [3.05, 3.63) is 35.1 Å². The molecule has 0 aliphatic heterocycles. The Bertz CT molecular complexity index is 425. The maximum Gasteiger partial charge on any atom is 0.140 e. The molecule has 1 atom stereocenters. The first-order valence-corrected chi connectivity index (χ1v) is 6.97. The number of unbranched alkanes of at least 4 members (excludes halogenated alkanes) is 3. The molecule has 1 aromatic carbocycles. The lowest BCUT2D eigenvalue weighted by Crippen LogP contribution is -2.08. The van der Waals surface area contributed by atoms with Gasteiger partial charge in [-0.25, -0.2) is 4.39 Å². The van der Waals surface area contributed by atoms with Crippen LogP contribution in [0.3, 0.4) is 0 Å². The third-order valence-electron chi connectivity index (χ3n) is 3.15. The van der Waals surface area contributed by atoms with Gasteiger partial charge in [-0.3, -0.25) is 0 Å². The highest BCUT2D eigenvalue weighted by Crippen LogP contribution is 2.13. The maximum absolute atomic E-state index is 13.1. The van der Waals surface area contributed by atoms with Crippen LogP contribution in [0.25, 0.3) is 0 Å². The van der Waals surface area contributed by atoms with E-state index >= 15 is 0 Å². The van der Waals surface area contributed by atoms with E-state index < -0.39 is 5.82 Å². The number of hydrogen-bond donors (Lipinski definition) is 0. The molecule has 1 rings (SSSR count). The first-order chi connectivity index (χ1) is 9.17. The van der Waals surface area contributed by atoms with E-state index in [2.05, 4.69) is 13.8 Å². The number of nitrogens with zero attached hydrogens (tertiary/aromatic N) is 1. The highest BCUT2D eigenvalue weighted by Gasteiger charge is 2.05. The highest BCUT2D eigenvalue weighted by molar-refractivity contribution is 5.34. The summed E-state index contributed by atoms with van der Waals surface area (Å²) >= 11 is 0. The second kappa shape index (κ2) is 8.66. The van der Waals surface area contributed by atoms with Crippen molar-refractivity contribution >= 4 is 0 Å². The second-order valence-electron chi connectivity index (χ2n) is 4.90. The van der Waals surface area contributed by atoms with Crippen molar-refractivity contribution in [3.63, 3.8) is 0 Å². The van der Waals surface area contributed by atoms with Crippen LogP contribution in [-0.4, -0.2) is 6.10 Å². The molecule has 0 aliphatic rings. The van der Waals surface area contributed by atoms with Crippen molar-refractivity contribution in [2.24, 2.45) is 0 Å². The van der Waals surface area contributed by atoms with Gasteiger partial charge in [0.15, 0.2) is 0 Å². The summed E-state index contributed by atoms with van der Waals surface area (Å²) in [5.41, 5.74) is 0.926. The van der Waals surface area contributed by atoms with E-state index in [0.29, 0.717) is 6.61 Å². The van der Waals surface area contributed by atoms with E-state index in [4.69, 9.17) is 10.00 Å². The largest absolute Gasteiger partial charge is 0.374 e.